The fourth-order valence-electron chi connectivity index (χ4n) is 4.26. The first-order chi connectivity index (χ1) is 15.7. The van der Waals surface area contributed by atoms with Crippen LogP contribution in [0.1, 0.15) is 25.0 Å². The fourth-order valence-corrected chi connectivity index (χ4v) is 4.84. The minimum atomic E-state index is -0.539. The standard InChI is InChI=1S/C23H26FIN6O2/c1-23(2,30-8-6-29(3)7-9-30)18-12-20-17(11-21(18)31(32)33)22(27-14-26-20)28-16-4-5-19(24)15(10-16)13-25/h4-5,10-12,14H,6-9,13H2,1-3H3,(H,26,27,28). The van der Waals surface area contributed by atoms with Crippen LogP contribution in [0.25, 0.3) is 10.9 Å². The van der Waals surface area contributed by atoms with E-state index in [1.54, 1.807) is 24.3 Å². The number of benzene rings is 2. The first kappa shape index (κ1) is 23.7. The van der Waals surface area contributed by atoms with Gasteiger partial charge in [-0.1, -0.05) is 22.6 Å². The van der Waals surface area contributed by atoms with Crippen LogP contribution in [0.4, 0.5) is 21.6 Å². The Bertz CT molecular complexity index is 1200. The Kier molecular flexibility index (Phi) is 6.78. The lowest BCUT2D eigenvalue weighted by molar-refractivity contribution is -0.386. The molecule has 0 radical (unpaired) electrons. The van der Waals surface area contributed by atoms with E-state index in [-0.39, 0.29) is 16.4 Å². The molecule has 1 aliphatic rings. The van der Waals surface area contributed by atoms with Crippen LogP contribution < -0.4 is 5.32 Å². The molecule has 174 valence electrons. The number of fused-ring (bicyclic) bond motifs is 1. The van der Waals surface area contributed by atoms with Crippen LogP contribution in [-0.2, 0) is 9.97 Å². The van der Waals surface area contributed by atoms with Gasteiger partial charge >= 0.3 is 0 Å². The number of nitrogens with one attached hydrogen (secondary N) is 1. The summed E-state index contributed by atoms with van der Waals surface area (Å²) in [6, 6.07) is 8.10. The van der Waals surface area contributed by atoms with E-state index >= 15 is 0 Å². The number of hydrogen-bond donors (Lipinski definition) is 1. The number of anilines is 2. The molecule has 0 bridgehead atoms. The molecule has 0 atom stereocenters. The molecule has 0 aliphatic carbocycles. The number of hydrogen-bond acceptors (Lipinski definition) is 7. The lowest BCUT2D eigenvalue weighted by Gasteiger charge is -2.43. The first-order valence-corrected chi connectivity index (χ1v) is 12.2. The van der Waals surface area contributed by atoms with Crippen molar-refractivity contribution in [3.8, 4) is 0 Å². The Hall–Kier alpha value is -2.44. The molecule has 0 unspecified atom stereocenters. The Morgan fingerprint density at radius 2 is 1.91 bits per heavy atom. The predicted molar refractivity (Wildman–Crippen MR) is 136 cm³/mol. The fraction of sp³-hybridized carbons (Fsp3) is 0.391. The van der Waals surface area contributed by atoms with Crippen molar-refractivity contribution in [2.75, 3.05) is 38.5 Å². The lowest BCUT2D eigenvalue weighted by Crippen LogP contribution is -2.52. The molecule has 1 saturated heterocycles. The zero-order valence-electron chi connectivity index (χ0n) is 18.8. The van der Waals surface area contributed by atoms with Crippen molar-refractivity contribution in [3.63, 3.8) is 0 Å². The smallest absolute Gasteiger partial charge is 0.275 e. The van der Waals surface area contributed by atoms with Gasteiger partial charge in [-0.05, 0) is 50.7 Å². The highest BCUT2D eigenvalue weighted by Gasteiger charge is 2.36. The number of nitro groups is 1. The van der Waals surface area contributed by atoms with E-state index in [0.717, 1.165) is 26.2 Å². The van der Waals surface area contributed by atoms with E-state index in [2.05, 4.69) is 54.7 Å². The van der Waals surface area contributed by atoms with Crippen molar-refractivity contribution in [1.82, 2.24) is 19.8 Å². The van der Waals surface area contributed by atoms with E-state index in [9.17, 15) is 14.5 Å². The SMILES string of the molecule is CN1CCN(C(C)(C)c2cc3ncnc(Nc4ccc(F)c(CI)c4)c3cc2[N+](=O)[O-])CC1. The van der Waals surface area contributed by atoms with E-state index in [1.165, 1.54) is 12.4 Å². The van der Waals surface area contributed by atoms with Gasteiger partial charge in [0.1, 0.15) is 18.0 Å². The number of rotatable bonds is 6. The van der Waals surface area contributed by atoms with Crippen molar-refractivity contribution in [2.24, 2.45) is 0 Å². The Morgan fingerprint density at radius 1 is 1.18 bits per heavy atom. The van der Waals surface area contributed by atoms with E-state index in [0.29, 0.717) is 38.0 Å². The van der Waals surface area contributed by atoms with Crippen molar-refractivity contribution >= 4 is 50.7 Å². The van der Waals surface area contributed by atoms with Gasteiger partial charge in [0.15, 0.2) is 0 Å². The van der Waals surface area contributed by atoms with E-state index in [1.807, 2.05) is 13.8 Å². The van der Waals surface area contributed by atoms with Gasteiger partial charge in [-0.2, -0.15) is 0 Å². The monoisotopic (exact) mass is 564 g/mol. The quantitative estimate of drug-likeness (QED) is 0.199. The number of halogens is 2. The summed E-state index contributed by atoms with van der Waals surface area (Å²) in [6.07, 6.45) is 1.44. The summed E-state index contributed by atoms with van der Waals surface area (Å²) < 4.78 is 14.4. The zero-order chi connectivity index (χ0) is 23.8. The Morgan fingerprint density at radius 3 is 2.58 bits per heavy atom. The topological polar surface area (TPSA) is 87.4 Å². The number of alkyl halides is 1. The molecular weight excluding hydrogens is 538 g/mol. The maximum absolute atomic E-state index is 13.9. The third kappa shape index (κ3) is 4.78. The van der Waals surface area contributed by atoms with Gasteiger partial charge in [-0.15, -0.1) is 0 Å². The molecule has 8 nitrogen and oxygen atoms in total. The minimum Gasteiger partial charge on any atom is -0.340 e. The number of nitro benzene ring substituents is 1. The molecule has 0 saturated carbocycles. The van der Waals surface area contributed by atoms with Gasteiger partial charge in [0.2, 0.25) is 0 Å². The van der Waals surface area contributed by atoms with Gasteiger partial charge in [-0.25, -0.2) is 14.4 Å². The number of nitrogens with zero attached hydrogens (tertiary/aromatic N) is 5. The van der Waals surface area contributed by atoms with Crippen molar-refractivity contribution in [1.29, 1.82) is 0 Å². The second-order valence-electron chi connectivity index (χ2n) is 8.78. The summed E-state index contributed by atoms with van der Waals surface area (Å²) in [6.45, 7) is 7.54. The third-order valence-electron chi connectivity index (χ3n) is 6.35. The second-order valence-corrected chi connectivity index (χ2v) is 9.54. The van der Waals surface area contributed by atoms with Crippen LogP contribution in [0.2, 0.25) is 0 Å². The van der Waals surface area contributed by atoms with Crippen LogP contribution in [0.5, 0.6) is 0 Å². The van der Waals surface area contributed by atoms with Gasteiger partial charge in [0, 0.05) is 53.3 Å². The molecule has 3 aromatic rings. The van der Waals surface area contributed by atoms with Crippen molar-refractivity contribution < 1.29 is 9.31 Å². The Labute approximate surface area is 205 Å². The third-order valence-corrected chi connectivity index (χ3v) is 7.18. The molecule has 0 spiro atoms. The number of likely N-dealkylation sites (N-methyl/N-ethyl adjacent to an activating group) is 1. The Balaban J connectivity index is 1.77. The molecule has 1 fully saturated rings. The average molecular weight is 564 g/mol. The number of aromatic nitrogens is 2. The predicted octanol–water partition coefficient (Wildman–Crippen LogP) is 4.84. The first-order valence-electron chi connectivity index (χ1n) is 10.7. The summed E-state index contributed by atoms with van der Waals surface area (Å²) in [5.74, 6) is 0.173. The van der Waals surface area contributed by atoms with Crippen LogP contribution in [0.3, 0.4) is 0 Å². The highest BCUT2D eigenvalue weighted by atomic mass is 127. The van der Waals surface area contributed by atoms with Crippen LogP contribution in [0.15, 0.2) is 36.7 Å². The van der Waals surface area contributed by atoms with Gasteiger partial charge < -0.3 is 10.2 Å². The molecule has 4 rings (SSSR count). The summed E-state index contributed by atoms with van der Waals surface area (Å²) in [5, 5.41) is 15.8. The van der Waals surface area contributed by atoms with Crippen molar-refractivity contribution in [2.45, 2.75) is 23.8 Å². The van der Waals surface area contributed by atoms with Gasteiger partial charge in [-0.3, -0.25) is 15.0 Å². The molecule has 2 aromatic carbocycles. The second kappa shape index (κ2) is 9.43. The molecular formula is C23H26FIN6O2. The van der Waals surface area contributed by atoms with Crippen molar-refractivity contribution in [3.05, 3.63) is 63.7 Å². The van der Waals surface area contributed by atoms with Crippen LogP contribution in [-0.4, -0.2) is 57.9 Å². The molecule has 1 aromatic heterocycles. The summed E-state index contributed by atoms with van der Waals surface area (Å²) >= 11 is 2.11. The maximum Gasteiger partial charge on any atom is 0.275 e. The van der Waals surface area contributed by atoms with E-state index in [4.69, 9.17) is 0 Å². The average Bonchev–Trinajstić information content (AvgIpc) is 2.80. The number of piperazine rings is 1. The molecule has 2 heterocycles. The summed E-state index contributed by atoms with van der Waals surface area (Å²) in [4.78, 5) is 25.0. The minimum absolute atomic E-state index is 0.0383. The van der Waals surface area contributed by atoms with Gasteiger partial charge in [0.25, 0.3) is 5.69 Å². The normalized spacial score (nSPS) is 15.7. The summed E-state index contributed by atoms with van der Waals surface area (Å²) in [5.41, 5.74) is 1.97. The molecule has 10 heteroatoms. The van der Waals surface area contributed by atoms with Gasteiger partial charge in [0.05, 0.1) is 16.0 Å². The molecule has 0 amide bonds. The largest absolute Gasteiger partial charge is 0.340 e. The maximum atomic E-state index is 13.9. The highest BCUT2D eigenvalue weighted by Crippen LogP contribution is 2.39. The van der Waals surface area contributed by atoms with Crippen LogP contribution in [0, 0.1) is 15.9 Å². The van der Waals surface area contributed by atoms with Crippen LogP contribution >= 0.6 is 22.6 Å². The highest BCUT2D eigenvalue weighted by molar-refractivity contribution is 14.1. The molecule has 1 N–H and O–H groups in total. The summed E-state index contributed by atoms with van der Waals surface area (Å²) in [7, 11) is 2.08. The molecule has 1 aliphatic heterocycles. The molecule has 33 heavy (non-hydrogen) atoms. The lowest BCUT2D eigenvalue weighted by atomic mass is 9.89. The zero-order valence-corrected chi connectivity index (χ0v) is 21.0. The van der Waals surface area contributed by atoms with E-state index < -0.39 is 5.54 Å².